The highest BCUT2D eigenvalue weighted by Crippen LogP contribution is 2.58. The lowest BCUT2D eigenvalue weighted by molar-refractivity contribution is -0.157. The summed E-state index contributed by atoms with van der Waals surface area (Å²) in [7, 11) is 0. The van der Waals surface area contributed by atoms with Crippen LogP contribution >= 0.6 is 0 Å². The minimum absolute atomic E-state index is 0.0801. The molecule has 3 aliphatic carbocycles. The molecule has 5 fully saturated rings. The standard InChI is InChI=1S/C47H65N7O8/c1-7-31-25-47(31,45(58)59)26-39(55)38-22-34(27-53(38)44(57)36(46(4,5)6)23-43(56)62-33-19-29-18-30(29)20-33)61-40-24-42(54-13-10-41(51-54)49-28(2)3)50-37-21-32(8-9-35(37)40)60-17-16-52-14-11-48-12-15-52/h8-10,13,21,24,28-31,33-34,36,38,48H,7,11-12,14-20,22-23,25-27H2,1-6H3,(H,49,51)(H,58,59)/t29?,30?,31-,33?,34?,36-,38+,47-/m1/s1. The van der Waals surface area contributed by atoms with Gasteiger partial charge in [0.25, 0.3) is 0 Å². The Morgan fingerprint density at radius 1 is 1.02 bits per heavy atom. The number of hydrogen-bond acceptors (Lipinski definition) is 12. The van der Waals surface area contributed by atoms with E-state index in [0.29, 0.717) is 59.9 Å². The number of carbonyl (C=O) groups is 4. The maximum Gasteiger partial charge on any atom is 0.310 e. The van der Waals surface area contributed by atoms with E-state index < -0.39 is 40.8 Å². The van der Waals surface area contributed by atoms with Crippen LogP contribution in [0.2, 0.25) is 0 Å². The lowest BCUT2D eigenvalue weighted by Gasteiger charge is -2.35. The molecule has 3 aromatic rings. The van der Waals surface area contributed by atoms with Gasteiger partial charge in [-0.25, -0.2) is 9.67 Å². The van der Waals surface area contributed by atoms with Crippen LogP contribution in [0.1, 0.15) is 92.9 Å². The number of fused-ring (bicyclic) bond motifs is 2. The fourth-order valence-corrected chi connectivity index (χ4v) is 10.1. The van der Waals surface area contributed by atoms with Crippen LogP contribution in [0, 0.1) is 34.5 Å². The molecule has 8 rings (SSSR count). The Bertz CT molecular complexity index is 2130. The summed E-state index contributed by atoms with van der Waals surface area (Å²) in [4.78, 5) is 64.3. The molecule has 5 aliphatic rings. The van der Waals surface area contributed by atoms with Crippen LogP contribution in [-0.2, 0) is 23.9 Å². The van der Waals surface area contributed by atoms with Gasteiger partial charge >= 0.3 is 11.9 Å². The van der Waals surface area contributed by atoms with Crippen molar-refractivity contribution in [3.63, 3.8) is 0 Å². The van der Waals surface area contributed by atoms with Gasteiger partial charge in [0.05, 0.1) is 35.9 Å². The number of amides is 1. The number of esters is 1. The number of pyridine rings is 1. The van der Waals surface area contributed by atoms with Gasteiger partial charge < -0.3 is 34.9 Å². The number of ether oxygens (including phenoxy) is 3. The summed E-state index contributed by atoms with van der Waals surface area (Å²) in [6, 6.07) is 8.65. The lowest BCUT2D eigenvalue weighted by Crippen LogP contribution is -2.48. The molecule has 3 N–H and O–H groups in total. The van der Waals surface area contributed by atoms with Crippen molar-refractivity contribution in [2.75, 3.05) is 51.2 Å². The Morgan fingerprint density at radius 2 is 1.77 bits per heavy atom. The Hall–Kier alpha value is -4.76. The first-order valence-electron chi connectivity index (χ1n) is 22.9. The number of nitrogens with one attached hydrogen (secondary N) is 2. The second-order valence-corrected chi connectivity index (χ2v) is 19.9. The molecule has 0 radical (unpaired) electrons. The number of carboxylic acid groups (broad SMARTS) is 1. The number of nitrogens with zero attached hydrogens (tertiary/aromatic N) is 5. The van der Waals surface area contributed by atoms with Crippen molar-refractivity contribution >= 4 is 40.3 Å². The average Bonchev–Trinajstić information content (AvgIpc) is 3.89. The number of ketones is 1. The van der Waals surface area contributed by atoms with Gasteiger partial charge in [-0.3, -0.25) is 24.1 Å². The van der Waals surface area contributed by atoms with Gasteiger partial charge in [-0.15, -0.1) is 5.10 Å². The Kier molecular flexibility index (Phi) is 12.6. The highest BCUT2D eigenvalue weighted by Gasteiger charge is 2.61. The van der Waals surface area contributed by atoms with E-state index in [1.807, 2.05) is 78.1 Å². The van der Waals surface area contributed by atoms with Gasteiger partial charge in [0.2, 0.25) is 5.91 Å². The lowest BCUT2D eigenvalue weighted by atomic mass is 9.77. The third kappa shape index (κ3) is 9.73. The van der Waals surface area contributed by atoms with Gasteiger partial charge in [0, 0.05) is 81.4 Å². The van der Waals surface area contributed by atoms with Crippen LogP contribution in [0.25, 0.3) is 16.7 Å². The van der Waals surface area contributed by atoms with Crippen LogP contribution in [-0.4, -0.2) is 123 Å². The number of likely N-dealkylation sites (tertiary alicyclic amines) is 1. The molecular formula is C47H65N7O8. The summed E-state index contributed by atoms with van der Waals surface area (Å²) in [5.41, 5.74) is -1.15. The van der Waals surface area contributed by atoms with Crippen molar-refractivity contribution in [3.05, 3.63) is 36.5 Å². The van der Waals surface area contributed by atoms with Gasteiger partial charge in [0.15, 0.2) is 11.6 Å². The SMILES string of the molecule is CC[C@@H]1C[C@]1(CC(=O)[C@@H]1CC(Oc2cc(-n3ccc(NC(C)C)n3)nc3cc(OCCN4CCNCC4)ccc23)CN1C(=O)[C@@H](CC(=O)OC1CC2CC2C1)C(C)(C)C)C(=O)O. The number of Topliss-reactive ketones (excluding diaryl/α,β-unsaturated/α-hetero) is 1. The third-order valence-electron chi connectivity index (χ3n) is 13.9. The molecule has 336 valence electrons. The van der Waals surface area contributed by atoms with Crippen molar-refractivity contribution in [2.24, 2.45) is 34.5 Å². The van der Waals surface area contributed by atoms with Crippen LogP contribution in [0.4, 0.5) is 5.82 Å². The molecule has 2 aliphatic heterocycles. The zero-order valence-electron chi connectivity index (χ0n) is 37.2. The van der Waals surface area contributed by atoms with E-state index in [0.717, 1.165) is 51.0 Å². The number of piperazine rings is 1. The minimum atomic E-state index is -1.14. The molecule has 0 bridgehead atoms. The van der Waals surface area contributed by atoms with Crippen molar-refractivity contribution in [2.45, 2.75) is 117 Å². The molecule has 15 nitrogen and oxygen atoms in total. The summed E-state index contributed by atoms with van der Waals surface area (Å²) in [5.74, 6) is 0.775. The third-order valence-corrected chi connectivity index (χ3v) is 13.9. The summed E-state index contributed by atoms with van der Waals surface area (Å²) in [6.45, 7) is 17.1. The van der Waals surface area contributed by atoms with Gasteiger partial charge in [-0.2, -0.15) is 0 Å². The molecule has 0 spiro atoms. The molecule has 3 saturated carbocycles. The molecule has 15 heteroatoms. The molecule has 62 heavy (non-hydrogen) atoms. The predicted octanol–water partition coefficient (Wildman–Crippen LogP) is 5.73. The molecule has 1 aromatic carbocycles. The van der Waals surface area contributed by atoms with Crippen molar-refractivity contribution in [1.82, 2.24) is 29.9 Å². The smallest absolute Gasteiger partial charge is 0.310 e. The monoisotopic (exact) mass is 855 g/mol. The maximum absolute atomic E-state index is 14.9. The predicted molar refractivity (Wildman–Crippen MR) is 233 cm³/mol. The fraction of sp³-hybridized carbons (Fsp3) is 0.660. The molecule has 4 heterocycles. The van der Waals surface area contributed by atoms with E-state index in [9.17, 15) is 24.3 Å². The average molecular weight is 856 g/mol. The van der Waals surface area contributed by atoms with E-state index in [1.165, 1.54) is 6.42 Å². The van der Waals surface area contributed by atoms with E-state index in [-0.39, 0.29) is 55.6 Å². The molecule has 2 saturated heterocycles. The van der Waals surface area contributed by atoms with Gasteiger partial charge in [-0.05, 0) is 74.8 Å². The second kappa shape index (κ2) is 17.8. The second-order valence-electron chi connectivity index (χ2n) is 19.9. The van der Waals surface area contributed by atoms with Crippen molar-refractivity contribution in [1.29, 1.82) is 0 Å². The molecule has 7 atom stereocenters. The highest BCUT2D eigenvalue weighted by molar-refractivity contribution is 5.95. The van der Waals surface area contributed by atoms with E-state index in [4.69, 9.17) is 24.3 Å². The number of carboxylic acids is 1. The minimum Gasteiger partial charge on any atom is -0.492 e. The number of rotatable bonds is 18. The first-order valence-corrected chi connectivity index (χ1v) is 22.9. The van der Waals surface area contributed by atoms with Crippen molar-refractivity contribution < 1.29 is 38.5 Å². The normalized spacial score (nSPS) is 27.5. The van der Waals surface area contributed by atoms with E-state index in [1.54, 1.807) is 9.58 Å². The zero-order chi connectivity index (χ0) is 43.9. The number of carbonyl (C=O) groups excluding carboxylic acids is 3. The summed E-state index contributed by atoms with van der Waals surface area (Å²) >= 11 is 0. The maximum atomic E-state index is 14.9. The van der Waals surface area contributed by atoms with Crippen molar-refractivity contribution in [3.8, 4) is 17.3 Å². The van der Waals surface area contributed by atoms with Crippen LogP contribution in [0.3, 0.4) is 0 Å². The quantitative estimate of drug-likeness (QED) is 0.132. The number of hydrogen-bond donors (Lipinski definition) is 3. The van der Waals surface area contributed by atoms with E-state index in [2.05, 4.69) is 15.5 Å². The van der Waals surface area contributed by atoms with E-state index >= 15 is 0 Å². The summed E-state index contributed by atoms with van der Waals surface area (Å²) in [6.07, 6.45) is 5.02. The Balaban J connectivity index is 1.07. The molecular weight excluding hydrogens is 791 g/mol. The molecule has 3 unspecified atom stereocenters. The Morgan fingerprint density at radius 3 is 2.45 bits per heavy atom. The first-order chi connectivity index (χ1) is 29.6. The number of aliphatic carboxylic acids is 1. The topological polar surface area (TPSA) is 177 Å². The zero-order valence-corrected chi connectivity index (χ0v) is 37.2. The highest BCUT2D eigenvalue weighted by atomic mass is 16.5. The van der Waals surface area contributed by atoms with Crippen LogP contribution < -0.4 is 20.1 Å². The summed E-state index contributed by atoms with van der Waals surface area (Å²) < 4.78 is 20.7. The van der Waals surface area contributed by atoms with Crippen LogP contribution in [0.5, 0.6) is 11.5 Å². The molecule has 1 amide bonds. The fourth-order valence-electron chi connectivity index (χ4n) is 10.1. The summed E-state index contributed by atoms with van der Waals surface area (Å²) in [5, 5.41) is 22.5. The first kappa shape index (κ1) is 43.9. The number of aromatic nitrogens is 3. The van der Waals surface area contributed by atoms with Gasteiger partial charge in [-0.1, -0.05) is 34.1 Å². The largest absolute Gasteiger partial charge is 0.492 e. The number of anilines is 1. The Labute approximate surface area is 364 Å². The number of benzene rings is 1. The molecule has 2 aromatic heterocycles. The van der Waals surface area contributed by atoms with Gasteiger partial charge in [0.1, 0.15) is 36.1 Å². The van der Waals surface area contributed by atoms with Crippen LogP contribution in [0.15, 0.2) is 36.5 Å².